The van der Waals surface area contributed by atoms with Crippen molar-refractivity contribution in [3.05, 3.63) is 65.2 Å². The van der Waals surface area contributed by atoms with Crippen LogP contribution in [0, 0.1) is 6.92 Å². The van der Waals surface area contributed by atoms with Gasteiger partial charge >= 0.3 is 6.09 Å². The van der Waals surface area contributed by atoms with Crippen LogP contribution in [-0.4, -0.2) is 52.6 Å². The maximum atomic E-state index is 14.5. The highest BCUT2D eigenvalue weighted by Crippen LogP contribution is 2.33. The van der Waals surface area contributed by atoms with E-state index in [2.05, 4.69) is 24.5 Å². The molecule has 2 unspecified atom stereocenters. The molecule has 0 radical (unpaired) electrons. The second-order valence-corrected chi connectivity index (χ2v) is 11.9. The minimum absolute atomic E-state index is 0.0164. The van der Waals surface area contributed by atoms with Crippen LogP contribution in [-0.2, 0) is 20.7 Å². The highest BCUT2D eigenvalue weighted by atomic mass is 16.6. The van der Waals surface area contributed by atoms with Gasteiger partial charge in [0.25, 0.3) is 0 Å². The fourth-order valence-corrected chi connectivity index (χ4v) is 4.81. The van der Waals surface area contributed by atoms with Crippen LogP contribution in [0.5, 0.6) is 5.75 Å². The Kier molecular flexibility index (Phi) is 14.4. The Labute approximate surface area is 252 Å². The first-order valence-corrected chi connectivity index (χ1v) is 15.4. The van der Waals surface area contributed by atoms with Gasteiger partial charge in [0.2, 0.25) is 11.8 Å². The molecule has 0 spiro atoms. The number of aryl methyl sites for hydroxylation is 1. The molecule has 0 aliphatic carbocycles. The molecule has 232 valence electrons. The van der Waals surface area contributed by atoms with Crippen molar-refractivity contribution in [3.8, 4) is 5.75 Å². The van der Waals surface area contributed by atoms with E-state index in [0.29, 0.717) is 30.6 Å². The molecule has 0 saturated heterocycles. The number of alkyl carbamates (subject to hydrolysis) is 1. The lowest BCUT2D eigenvalue weighted by atomic mass is 9.97. The average molecular weight is 582 g/mol. The van der Waals surface area contributed by atoms with Gasteiger partial charge in [0.05, 0.1) is 0 Å². The van der Waals surface area contributed by atoms with E-state index in [4.69, 9.17) is 4.74 Å². The smallest absolute Gasteiger partial charge is 0.408 e. The number of phenolic OH excluding ortho intramolecular Hbond substituents is 1. The summed E-state index contributed by atoms with van der Waals surface area (Å²) in [5.74, 6) is -0.778. The number of benzene rings is 2. The number of nitrogens with one attached hydrogen (secondary N) is 2. The molecule has 3 amide bonds. The van der Waals surface area contributed by atoms with Crippen LogP contribution in [0.25, 0.3) is 0 Å². The van der Waals surface area contributed by atoms with Gasteiger partial charge in [-0.2, -0.15) is 0 Å². The summed E-state index contributed by atoms with van der Waals surface area (Å²) in [5, 5.41) is 16.9. The van der Waals surface area contributed by atoms with E-state index < -0.39 is 29.7 Å². The Hall–Kier alpha value is -3.55. The molecule has 0 saturated carbocycles. The SMILES string of the molecule is CCCCCCN(C(=O)C(Cc1ccccc1)NC(=O)OC(C)(C)C)C(C(=O)NCCCCC)c1cccc(C)c1O. The number of para-hydroxylation sites is 1. The topological polar surface area (TPSA) is 108 Å². The molecule has 2 aromatic rings. The molecule has 0 bridgehead atoms. The lowest BCUT2D eigenvalue weighted by Crippen LogP contribution is -2.54. The fourth-order valence-electron chi connectivity index (χ4n) is 4.81. The van der Waals surface area contributed by atoms with E-state index in [-0.39, 0.29) is 18.1 Å². The van der Waals surface area contributed by atoms with E-state index >= 15 is 0 Å². The van der Waals surface area contributed by atoms with Crippen LogP contribution in [0.1, 0.15) is 102 Å². The lowest BCUT2D eigenvalue weighted by Gasteiger charge is -2.35. The largest absolute Gasteiger partial charge is 0.507 e. The number of hydrogen-bond acceptors (Lipinski definition) is 5. The van der Waals surface area contributed by atoms with Crippen LogP contribution in [0.2, 0.25) is 0 Å². The van der Waals surface area contributed by atoms with Gasteiger partial charge in [0, 0.05) is 25.1 Å². The van der Waals surface area contributed by atoms with Crippen molar-refractivity contribution in [1.29, 1.82) is 0 Å². The van der Waals surface area contributed by atoms with Crippen LogP contribution in [0.3, 0.4) is 0 Å². The number of carbonyl (C=O) groups excluding carboxylic acids is 3. The standard InChI is InChI=1S/C34H51N3O5/c1-7-9-11-16-23-37(29(31(39)35-22-15-10-8-2)27-21-17-18-25(3)30(27)38)32(40)28(24-26-19-13-12-14-20-26)36-33(41)42-34(4,5)6/h12-14,17-21,28-29,38H,7-11,15-16,22-24H2,1-6H3,(H,35,39)(H,36,41). The minimum Gasteiger partial charge on any atom is -0.507 e. The second kappa shape index (κ2) is 17.4. The Morgan fingerprint density at radius 1 is 0.905 bits per heavy atom. The first kappa shape index (κ1) is 34.7. The van der Waals surface area contributed by atoms with Gasteiger partial charge in [-0.05, 0) is 51.7 Å². The minimum atomic E-state index is -1.07. The van der Waals surface area contributed by atoms with E-state index in [1.165, 1.54) is 4.90 Å². The highest BCUT2D eigenvalue weighted by molar-refractivity contribution is 5.92. The number of aromatic hydroxyl groups is 1. The number of nitrogens with zero attached hydrogens (tertiary/aromatic N) is 1. The number of phenols is 1. The fraction of sp³-hybridized carbons (Fsp3) is 0.559. The summed E-state index contributed by atoms with van der Waals surface area (Å²) in [4.78, 5) is 42.8. The van der Waals surface area contributed by atoms with Crippen LogP contribution < -0.4 is 10.6 Å². The van der Waals surface area contributed by atoms with Crippen molar-refractivity contribution in [3.63, 3.8) is 0 Å². The van der Waals surface area contributed by atoms with Gasteiger partial charge in [-0.15, -0.1) is 0 Å². The molecule has 8 heteroatoms. The number of hydrogen-bond donors (Lipinski definition) is 3. The Morgan fingerprint density at radius 3 is 2.21 bits per heavy atom. The summed E-state index contributed by atoms with van der Waals surface area (Å²) in [6, 6.07) is 12.6. The van der Waals surface area contributed by atoms with Crippen molar-refractivity contribution in [2.24, 2.45) is 0 Å². The van der Waals surface area contributed by atoms with E-state index in [9.17, 15) is 19.5 Å². The molecule has 0 aliphatic rings. The molecular formula is C34H51N3O5. The third-order valence-electron chi connectivity index (χ3n) is 7.01. The Balaban J connectivity index is 2.56. The molecule has 2 aromatic carbocycles. The van der Waals surface area contributed by atoms with Gasteiger partial charge in [-0.3, -0.25) is 9.59 Å². The monoisotopic (exact) mass is 581 g/mol. The van der Waals surface area contributed by atoms with E-state index in [1.807, 2.05) is 30.3 Å². The van der Waals surface area contributed by atoms with Gasteiger partial charge in [0.15, 0.2) is 0 Å². The average Bonchev–Trinajstić information content (AvgIpc) is 2.93. The molecule has 42 heavy (non-hydrogen) atoms. The summed E-state index contributed by atoms with van der Waals surface area (Å²) < 4.78 is 5.51. The molecule has 0 aliphatic heterocycles. The molecule has 8 nitrogen and oxygen atoms in total. The van der Waals surface area contributed by atoms with E-state index in [1.54, 1.807) is 45.9 Å². The molecule has 2 atom stereocenters. The van der Waals surface area contributed by atoms with Gasteiger partial charge in [-0.1, -0.05) is 94.5 Å². The number of unbranched alkanes of at least 4 members (excludes halogenated alkanes) is 5. The zero-order valence-electron chi connectivity index (χ0n) is 26.4. The van der Waals surface area contributed by atoms with Crippen molar-refractivity contribution in [2.75, 3.05) is 13.1 Å². The van der Waals surface area contributed by atoms with Crippen molar-refractivity contribution in [1.82, 2.24) is 15.5 Å². The van der Waals surface area contributed by atoms with Crippen LogP contribution in [0.15, 0.2) is 48.5 Å². The maximum Gasteiger partial charge on any atom is 0.408 e. The predicted molar refractivity (Wildman–Crippen MR) is 167 cm³/mol. The summed E-state index contributed by atoms with van der Waals surface area (Å²) in [6.45, 7) is 12.0. The molecule has 0 aromatic heterocycles. The van der Waals surface area contributed by atoms with E-state index in [0.717, 1.165) is 44.1 Å². The third kappa shape index (κ3) is 11.4. The first-order chi connectivity index (χ1) is 20.0. The highest BCUT2D eigenvalue weighted by Gasteiger charge is 2.37. The van der Waals surface area contributed by atoms with Crippen LogP contribution in [0.4, 0.5) is 4.79 Å². The zero-order chi connectivity index (χ0) is 31.1. The predicted octanol–water partition coefficient (Wildman–Crippen LogP) is 6.59. The Bertz CT molecular complexity index is 1130. The Morgan fingerprint density at radius 2 is 1.57 bits per heavy atom. The molecule has 2 rings (SSSR count). The molecule has 0 heterocycles. The first-order valence-electron chi connectivity index (χ1n) is 15.4. The number of amides is 3. The number of carbonyl (C=O) groups is 3. The maximum absolute atomic E-state index is 14.5. The second-order valence-electron chi connectivity index (χ2n) is 11.9. The summed E-state index contributed by atoms with van der Waals surface area (Å²) in [5.41, 5.74) is 1.08. The van der Waals surface area contributed by atoms with Gasteiger partial charge in [0.1, 0.15) is 23.4 Å². The van der Waals surface area contributed by atoms with Crippen molar-refractivity contribution < 1.29 is 24.2 Å². The number of ether oxygens (including phenoxy) is 1. The normalized spacial score (nSPS) is 12.7. The van der Waals surface area contributed by atoms with Crippen molar-refractivity contribution >= 4 is 17.9 Å². The van der Waals surface area contributed by atoms with Gasteiger partial charge < -0.3 is 25.4 Å². The molecule has 3 N–H and O–H groups in total. The number of rotatable bonds is 16. The molecular weight excluding hydrogens is 530 g/mol. The summed E-state index contributed by atoms with van der Waals surface area (Å²) >= 11 is 0. The summed E-state index contributed by atoms with van der Waals surface area (Å²) in [6.07, 6.45) is 5.88. The third-order valence-corrected chi connectivity index (χ3v) is 7.01. The van der Waals surface area contributed by atoms with Gasteiger partial charge in [-0.25, -0.2) is 4.79 Å². The quantitative estimate of drug-likeness (QED) is 0.194. The lowest BCUT2D eigenvalue weighted by molar-refractivity contribution is -0.142. The summed E-state index contributed by atoms with van der Waals surface area (Å²) in [7, 11) is 0. The zero-order valence-corrected chi connectivity index (χ0v) is 26.4. The van der Waals surface area contributed by atoms with Crippen molar-refractivity contribution in [2.45, 2.75) is 111 Å². The molecule has 0 fully saturated rings. The van der Waals surface area contributed by atoms with Crippen LogP contribution >= 0.6 is 0 Å².